The van der Waals surface area contributed by atoms with Gasteiger partial charge in [0.25, 0.3) is 5.69 Å². The van der Waals surface area contributed by atoms with Crippen LogP contribution in [0.25, 0.3) is 0 Å². The highest BCUT2D eigenvalue weighted by Crippen LogP contribution is 2.34. The Labute approximate surface area is 96.7 Å². The Balaban J connectivity index is 2.40. The summed E-state index contributed by atoms with van der Waals surface area (Å²) in [6.07, 6.45) is -0.511. The summed E-state index contributed by atoms with van der Waals surface area (Å²) >= 11 is 0. The number of methoxy groups -OCH3 is 1. The van der Waals surface area contributed by atoms with Gasteiger partial charge in [-0.3, -0.25) is 15.0 Å². The monoisotopic (exact) mass is 238 g/mol. The number of nitro groups is 1. The molecule has 0 spiro atoms. The maximum atomic E-state index is 11.5. The largest absolute Gasteiger partial charge is 0.489 e. The van der Waals surface area contributed by atoms with E-state index in [0.29, 0.717) is 18.0 Å². The Morgan fingerprint density at radius 3 is 3.00 bits per heavy atom. The predicted molar refractivity (Wildman–Crippen MR) is 58.3 cm³/mol. The number of fused-ring (bicyclic) bond motifs is 1. The third-order valence-corrected chi connectivity index (χ3v) is 2.41. The summed E-state index contributed by atoms with van der Waals surface area (Å²) in [7, 11) is 1.28. The number of amides is 1. The molecule has 1 aliphatic rings. The molecule has 1 aliphatic heterocycles. The summed E-state index contributed by atoms with van der Waals surface area (Å²) in [5.74, 6) is 0.316. The van der Waals surface area contributed by atoms with E-state index in [4.69, 9.17) is 4.74 Å². The molecular weight excluding hydrogens is 228 g/mol. The zero-order chi connectivity index (χ0) is 12.4. The SMILES string of the molecule is COC(=O)N1CCOc2cc([N+](=O)[O-])ccc21. The second-order valence-electron chi connectivity index (χ2n) is 3.38. The van der Waals surface area contributed by atoms with Gasteiger partial charge in [-0.15, -0.1) is 0 Å². The van der Waals surface area contributed by atoms with Crippen LogP contribution in [0, 0.1) is 10.1 Å². The van der Waals surface area contributed by atoms with E-state index in [1.54, 1.807) is 0 Å². The molecule has 0 aliphatic carbocycles. The maximum absolute atomic E-state index is 11.5. The summed E-state index contributed by atoms with van der Waals surface area (Å²) < 4.78 is 9.91. The van der Waals surface area contributed by atoms with E-state index in [2.05, 4.69) is 4.74 Å². The lowest BCUT2D eigenvalue weighted by Gasteiger charge is -2.27. The fourth-order valence-corrected chi connectivity index (χ4v) is 1.62. The molecule has 2 rings (SSSR count). The van der Waals surface area contributed by atoms with Crippen LogP contribution in [0.5, 0.6) is 5.75 Å². The van der Waals surface area contributed by atoms with Crippen LogP contribution >= 0.6 is 0 Å². The molecule has 0 atom stereocenters. The number of carbonyl (C=O) groups excluding carboxylic acids is 1. The minimum atomic E-state index is -0.513. The molecule has 0 radical (unpaired) electrons. The van der Waals surface area contributed by atoms with E-state index in [0.717, 1.165) is 0 Å². The van der Waals surface area contributed by atoms with Gasteiger partial charge in [0.15, 0.2) is 0 Å². The van der Waals surface area contributed by atoms with Crippen molar-refractivity contribution in [2.45, 2.75) is 0 Å². The smallest absolute Gasteiger partial charge is 0.414 e. The Morgan fingerprint density at radius 1 is 1.59 bits per heavy atom. The lowest BCUT2D eigenvalue weighted by molar-refractivity contribution is -0.384. The first-order valence-electron chi connectivity index (χ1n) is 4.90. The van der Waals surface area contributed by atoms with Gasteiger partial charge in [-0.2, -0.15) is 0 Å². The van der Waals surface area contributed by atoms with Gasteiger partial charge in [-0.25, -0.2) is 4.79 Å². The number of benzene rings is 1. The molecule has 0 unspecified atom stereocenters. The van der Waals surface area contributed by atoms with Gasteiger partial charge < -0.3 is 9.47 Å². The van der Waals surface area contributed by atoms with Gasteiger partial charge in [0, 0.05) is 6.07 Å². The molecule has 1 heterocycles. The van der Waals surface area contributed by atoms with Crippen molar-refractivity contribution in [1.82, 2.24) is 0 Å². The van der Waals surface area contributed by atoms with Crippen molar-refractivity contribution in [2.24, 2.45) is 0 Å². The van der Waals surface area contributed by atoms with Crippen LogP contribution in [0.4, 0.5) is 16.2 Å². The Kier molecular flexibility index (Phi) is 2.82. The summed E-state index contributed by atoms with van der Waals surface area (Å²) in [5, 5.41) is 10.6. The molecule has 0 saturated carbocycles. The summed E-state index contributed by atoms with van der Waals surface area (Å²) in [6, 6.07) is 4.09. The second-order valence-corrected chi connectivity index (χ2v) is 3.38. The van der Waals surface area contributed by atoms with Gasteiger partial charge >= 0.3 is 6.09 Å². The average Bonchev–Trinajstić information content (AvgIpc) is 2.36. The fraction of sp³-hybridized carbons (Fsp3) is 0.300. The molecule has 1 aromatic rings. The first kappa shape index (κ1) is 11.2. The summed E-state index contributed by atoms with van der Waals surface area (Å²) in [5.41, 5.74) is 0.407. The molecule has 0 aromatic heterocycles. The van der Waals surface area contributed by atoms with Crippen LogP contribution in [0.3, 0.4) is 0 Å². The number of carbonyl (C=O) groups is 1. The Bertz CT molecular complexity index is 474. The summed E-state index contributed by atoms with van der Waals surface area (Å²) in [6.45, 7) is 0.640. The molecule has 90 valence electrons. The van der Waals surface area contributed by atoms with E-state index in [-0.39, 0.29) is 12.3 Å². The highest BCUT2D eigenvalue weighted by molar-refractivity contribution is 5.90. The average molecular weight is 238 g/mol. The quantitative estimate of drug-likeness (QED) is 0.547. The highest BCUT2D eigenvalue weighted by atomic mass is 16.6. The third kappa shape index (κ3) is 1.99. The van der Waals surface area contributed by atoms with Crippen molar-refractivity contribution in [2.75, 3.05) is 25.2 Å². The molecule has 1 amide bonds. The number of hydrogen-bond acceptors (Lipinski definition) is 5. The van der Waals surface area contributed by atoms with E-state index in [9.17, 15) is 14.9 Å². The topological polar surface area (TPSA) is 81.9 Å². The van der Waals surface area contributed by atoms with Gasteiger partial charge in [0.05, 0.1) is 30.3 Å². The molecular formula is C10H10N2O5. The van der Waals surface area contributed by atoms with Gasteiger partial charge in [-0.05, 0) is 6.07 Å². The Hall–Kier alpha value is -2.31. The van der Waals surface area contributed by atoms with Crippen molar-refractivity contribution in [3.8, 4) is 5.75 Å². The molecule has 0 N–H and O–H groups in total. The van der Waals surface area contributed by atoms with E-state index in [1.165, 1.54) is 30.2 Å². The summed E-state index contributed by atoms with van der Waals surface area (Å²) in [4.78, 5) is 22.9. The van der Waals surface area contributed by atoms with E-state index in [1.807, 2.05) is 0 Å². The first-order chi connectivity index (χ1) is 8.13. The lowest BCUT2D eigenvalue weighted by atomic mass is 10.2. The number of hydrogen-bond donors (Lipinski definition) is 0. The van der Waals surface area contributed by atoms with Crippen molar-refractivity contribution in [3.05, 3.63) is 28.3 Å². The van der Waals surface area contributed by atoms with Gasteiger partial charge in [-0.1, -0.05) is 0 Å². The second kappa shape index (κ2) is 4.28. The fourth-order valence-electron chi connectivity index (χ4n) is 1.62. The molecule has 1 aromatic carbocycles. The number of ether oxygens (including phenoxy) is 2. The molecule has 7 heteroatoms. The number of nitro benzene ring substituents is 1. The van der Waals surface area contributed by atoms with Crippen LogP contribution in [0.2, 0.25) is 0 Å². The third-order valence-electron chi connectivity index (χ3n) is 2.41. The van der Waals surface area contributed by atoms with Crippen molar-refractivity contribution in [1.29, 1.82) is 0 Å². The number of non-ortho nitro benzene ring substituents is 1. The molecule has 0 bridgehead atoms. The normalized spacial score (nSPS) is 13.6. The lowest BCUT2D eigenvalue weighted by Crippen LogP contribution is -2.37. The zero-order valence-electron chi connectivity index (χ0n) is 9.08. The minimum Gasteiger partial charge on any atom is -0.489 e. The van der Waals surface area contributed by atoms with Crippen molar-refractivity contribution in [3.63, 3.8) is 0 Å². The molecule has 0 saturated heterocycles. The number of nitrogens with zero attached hydrogens (tertiary/aromatic N) is 2. The highest BCUT2D eigenvalue weighted by Gasteiger charge is 2.25. The maximum Gasteiger partial charge on any atom is 0.414 e. The zero-order valence-corrected chi connectivity index (χ0v) is 9.08. The van der Waals surface area contributed by atoms with Crippen LogP contribution < -0.4 is 9.64 Å². The minimum absolute atomic E-state index is 0.0736. The predicted octanol–water partition coefficient (Wildman–Crippen LogP) is 1.56. The first-order valence-corrected chi connectivity index (χ1v) is 4.90. The Morgan fingerprint density at radius 2 is 2.35 bits per heavy atom. The molecule has 7 nitrogen and oxygen atoms in total. The van der Waals surface area contributed by atoms with Gasteiger partial charge in [0.1, 0.15) is 12.4 Å². The van der Waals surface area contributed by atoms with Crippen LogP contribution in [-0.4, -0.2) is 31.3 Å². The van der Waals surface area contributed by atoms with E-state index < -0.39 is 11.0 Å². The van der Waals surface area contributed by atoms with Gasteiger partial charge in [0.2, 0.25) is 0 Å². The number of rotatable bonds is 1. The molecule has 17 heavy (non-hydrogen) atoms. The number of anilines is 1. The van der Waals surface area contributed by atoms with Crippen LogP contribution in [0.15, 0.2) is 18.2 Å². The van der Waals surface area contributed by atoms with Crippen molar-refractivity contribution >= 4 is 17.5 Å². The van der Waals surface area contributed by atoms with Crippen LogP contribution in [-0.2, 0) is 4.74 Å². The van der Waals surface area contributed by atoms with Crippen molar-refractivity contribution < 1.29 is 19.2 Å². The van der Waals surface area contributed by atoms with E-state index >= 15 is 0 Å². The molecule has 0 fully saturated rings. The standard InChI is InChI=1S/C10H10N2O5/c1-16-10(13)11-4-5-17-9-6-7(12(14)15)2-3-8(9)11/h2-3,6H,4-5H2,1H3. The van der Waals surface area contributed by atoms with Crippen LogP contribution in [0.1, 0.15) is 0 Å².